The number of benzene rings is 7. The molecule has 0 saturated carbocycles. The van der Waals surface area contributed by atoms with Crippen LogP contribution in [0.15, 0.2) is 209 Å². The summed E-state index contributed by atoms with van der Waals surface area (Å²) >= 11 is 0. The smallest absolute Gasteiger partial charge is 0.305 e. The van der Waals surface area contributed by atoms with Crippen molar-refractivity contribution in [2.75, 3.05) is 15.0 Å². The Morgan fingerprint density at radius 1 is 0.474 bits per heavy atom. The highest BCUT2D eigenvalue weighted by molar-refractivity contribution is 5.99. The van der Waals surface area contributed by atoms with E-state index in [0.717, 1.165) is 39.4 Å². The average Bonchev–Trinajstić information content (AvgIpc) is 3.28. The van der Waals surface area contributed by atoms with E-state index in [-0.39, 0.29) is 12.3 Å². The zero-order valence-corrected chi connectivity index (χ0v) is 31.6. The number of anilines is 3. The zero-order chi connectivity index (χ0) is 38.6. The van der Waals surface area contributed by atoms with Crippen molar-refractivity contribution in [3.05, 3.63) is 216 Å². The fraction of sp³-hybridized carbons (Fsp3) is 0.0833. The minimum Gasteiger partial charge on any atom is -0.457 e. The first-order valence-electron chi connectivity index (χ1n) is 19.0. The van der Waals surface area contributed by atoms with Crippen molar-refractivity contribution < 1.29 is 9.43 Å². The third-order valence-corrected chi connectivity index (χ3v) is 9.82. The Bertz CT molecular complexity index is 2530. The van der Waals surface area contributed by atoms with E-state index in [4.69, 9.17) is 25.5 Å². The Hall–Kier alpha value is -7.52. The van der Waals surface area contributed by atoms with Gasteiger partial charge >= 0.3 is 6.17 Å². The van der Waals surface area contributed by atoms with Crippen LogP contribution in [-0.2, 0) is 0 Å². The first-order valence-corrected chi connectivity index (χ1v) is 19.0. The predicted molar refractivity (Wildman–Crippen MR) is 227 cm³/mol. The lowest BCUT2D eigenvalue weighted by molar-refractivity contribution is -0.555. The molecule has 7 aromatic carbocycles. The van der Waals surface area contributed by atoms with Crippen molar-refractivity contribution in [3.8, 4) is 11.5 Å². The van der Waals surface area contributed by atoms with Gasteiger partial charge in [-0.1, -0.05) is 119 Å². The molecule has 0 aromatic heterocycles. The van der Waals surface area contributed by atoms with Gasteiger partial charge in [0.2, 0.25) is 11.5 Å². The van der Waals surface area contributed by atoms with Crippen molar-refractivity contribution >= 4 is 34.4 Å². The molecule has 2 heterocycles. The number of hydrogen-bond donors (Lipinski definition) is 0. The molecule has 2 atom stereocenters. The standard InChI is InChI=1S/C48H40N8O/c1-35-23-25-37(26-24-35)46-51-55(42-19-11-5-12-20-42)48(56(52-46)43-21-13-6-14-22-43)39-29-33-45(34-30-39)57-44-31-27-38(28-32-44)47-53(40-15-7-3-8-16-40)49-36(2)50-54(47)41-17-9-4-10-18-41/h3-34,47-48H,1-2H3/q+1. The summed E-state index contributed by atoms with van der Waals surface area (Å²) in [4.78, 5) is 0. The molecule has 0 N–H and O–H groups in total. The van der Waals surface area contributed by atoms with Crippen LogP contribution in [0.2, 0.25) is 0 Å². The maximum absolute atomic E-state index is 6.45. The van der Waals surface area contributed by atoms with E-state index in [1.807, 2.05) is 124 Å². The number of amidine groups is 2. The van der Waals surface area contributed by atoms with Crippen LogP contribution in [-0.4, -0.2) is 16.4 Å². The third-order valence-electron chi connectivity index (χ3n) is 9.82. The summed E-state index contributed by atoms with van der Waals surface area (Å²) in [7, 11) is 0. The summed E-state index contributed by atoms with van der Waals surface area (Å²) in [6.07, 6.45) is -0.688. The number of hydrogen-bond acceptors (Lipinski definition) is 7. The van der Waals surface area contributed by atoms with Crippen LogP contribution in [0.1, 0.15) is 41.5 Å². The predicted octanol–water partition coefficient (Wildman–Crippen LogP) is 11.3. The number of azo groups is 2. The molecule has 0 bridgehead atoms. The lowest BCUT2D eigenvalue weighted by Crippen LogP contribution is -2.50. The number of hydrazone groups is 2. The largest absolute Gasteiger partial charge is 0.457 e. The summed E-state index contributed by atoms with van der Waals surface area (Å²) < 4.78 is 8.50. The first-order chi connectivity index (χ1) is 28.1. The highest BCUT2D eigenvalue weighted by atomic mass is 16.5. The minimum atomic E-state index is -0.371. The molecule has 1 radical (unpaired) electrons. The SMILES string of the molecule is CC1=NN(c2ccccc2)C(c2ccc(Oc3ccc(C4N(c5ccccc5)N=C(c5ccc(C)cc5)N=[N+]4c4ccccc4)cc3)cc2)N(c2ccccc2)[N]1. The van der Waals surface area contributed by atoms with E-state index in [1.54, 1.807) is 0 Å². The van der Waals surface area contributed by atoms with Gasteiger partial charge in [-0.15, -0.1) is 5.10 Å². The van der Waals surface area contributed by atoms with Crippen molar-refractivity contribution in [2.24, 2.45) is 15.3 Å². The molecule has 2 aliphatic heterocycles. The summed E-state index contributed by atoms with van der Waals surface area (Å²) in [6, 6.07) is 65.5. The van der Waals surface area contributed by atoms with Crippen LogP contribution in [0.3, 0.4) is 0 Å². The third kappa shape index (κ3) is 7.46. The Labute approximate surface area is 332 Å². The van der Waals surface area contributed by atoms with Crippen LogP contribution in [0, 0.1) is 6.92 Å². The summed E-state index contributed by atoms with van der Waals surface area (Å²) in [5, 5.41) is 21.3. The van der Waals surface area contributed by atoms with Gasteiger partial charge in [0.05, 0.1) is 17.1 Å². The molecule has 0 spiro atoms. The fourth-order valence-corrected chi connectivity index (χ4v) is 7.04. The molecule has 57 heavy (non-hydrogen) atoms. The lowest BCUT2D eigenvalue weighted by Gasteiger charge is -2.41. The second-order valence-electron chi connectivity index (χ2n) is 13.8. The summed E-state index contributed by atoms with van der Waals surface area (Å²) in [6.45, 7) is 4.00. The van der Waals surface area contributed by atoms with Crippen LogP contribution >= 0.6 is 0 Å². The Balaban J connectivity index is 1.02. The molecule has 0 aliphatic carbocycles. The molecule has 0 amide bonds. The van der Waals surface area contributed by atoms with Gasteiger partial charge in [-0.2, -0.15) is 15.5 Å². The van der Waals surface area contributed by atoms with E-state index in [9.17, 15) is 0 Å². The summed E-state index contributed by atoms with van der Waals surface area (Å²) in [5.41, 5.74) is 12.9. The number of aryl methyl sites for hydroxylation is 1. The van der Waals surface area contributed by atoms with Crippen LogP contribution in [0.5, 0.6) is 11.5 Å². The average molecular weight is 745 g/mol. The van der Waals surface area contributed by atoms with E-state index in [2.05, 4.69) is 104 Å². The maximum atomic E-state index is 6.45. The molecule has 9 nitrogen and oxygen atoms in total. The molecular weight excluding hydrogens is 705 g/mol. The Morgan fingerprint density at radius 2 is 0.965 bits per heavy atom. The number of nitrogens with zero attached hydrogens (tertiary/aromatic N) is 8. The molecule has 0 saturated heterocycles. The van der Waals surface area contributed by atoms with Gasteiger partial charge in [-0.3, -0.25) is 0 Å². The van der Waals surface area contributed by atoms with Gasteiger partial charge in [0.1, 0.15) is 11.5 Å². The Kier molecular flexibility index (Phi) is 9.68. The van der Waals surface area contributed by atoms with Crippen molar-refractivity contribution in [1.82, 2.24) is 5.43 Å². The number of rotatable bonds is 9. The van der Waals surface area contributed by atoms with E-state index < -0.39 is 0 Å². The van der Waals surface area contributed by atoms with Gasteiger partial charge in [0, 0.05) is 28.4 Å². The van der Waals surface area contributed by atoms with Crippen LogP contribution in [0.4, 0.5) is 22.7 Å². The maximum Gasteiger partial charge on any atom is 0.305 e. The minimum absolute atomic E-state index is 0.318. The molecule has 7 aromatic rings. The molecule has 9 rings (SSSR count). The summed E-state index contributed by atoms with van der Waals surface area (Å²) in [5.74, 6) is 2.73. The number of para-hydroxylation sites is 4. The Morgan fingerprint density at radius 3 is 1.53 bits per heavy atom. The lowest BCUT2D eigenvalue weighted by atomic mass is 10.1. The van der Waals surface area contributed by atoms with Gasteiger partial charge in [0.25, 0.3) is 0 Å². The van der Waals surface area contributed by atoms with E-state index in [0.29, 0.717) is 23.2 Å². The molecular formula is C48H40N8O+. The normalized spacial score (nSPS) is 16.6. The molecule has 2 unspecified atom stereocenters. The quantitative estimate of drug-likeness (QED) is 0.138. The molecule has 9 heteroatoms. The zero-order valence-electron chi connectivity index (χ0n) is 31.6. The van der Waals surface area contributed by atoms with Crippen molar-refractivity contribution in [1.29, 1.82) is 0 Å². The van der Waals surface area contributed by atoms with E-state index >= 15 is 0 Å². The van der Waals surface area contributed by atoms with Crippen molar-refractivity contribution in [3.63, 3.8) is 0 Å². The molecule has 277 valence electrons. The topological polar surface area (TPSA) is 73.1 Å². The molecule has 0 fully saturated rings. The van der Waals surface area contributed by atoms with Gasteiger partial charge < -0.3 is 4.74 Å². The van der Waals surface area contributed by atoms with Gasteiger partial charge in [-0.05, 0) is 92.2 Å². The van der Waals surface area contributed by atoms with Gasteiger partial charge in [-0.25, -0.2) is 10.0 Å². The second-order valence-corrected chi connectivity index (χ2v) is 13.8. The second kappa shape index (κ2) is 15.7. The van der Waals surface area contributed by atoms with Crippen LogP contribution in [0.25, 0.3) is 0 Å². The van der Waals surface area contributed by atoms with Gasteiger partial charge in [0.15, 0.2) is 12.0 Å². The van der Waals surface area contributed by atoms with Crippen molar-refractivity contribution in [2.45, 2.75) is 26.2 Å². The first kappa shape index (κ1) is 35.2. The molecule has 2 aliphatic rings. The van der Waals surface area contributed by atoms with E-state index in [1.165, 1.54) is 5.56 Å². The number of ether oxygens (including phenoxy) is 1. The van der Waals surface area contributed by atoms with Crippen LogP contribution < -0.4 is 25.2 Å². The monoisotopic (exact) mass is 744 g/mol. The highest BCUT2D eigenvalue weighted by Gasteiger charge is 2.39. The fourth-order valence-electron chi connectivity index (χ4n) is 7.04. The highest BCUT2D eigenvalue weighted by Crippen LogP contribution is 2.39.